The van der Waals surface area contributed by atoms with E-state index in [-0.39, 0.29) is 23.3 Å². The number of hydrogen-bond acceptors (Lipinski definition) is 5. The number of sulfonamides is 1. The van der Waals surface area contributed by atoms with E-state index in [9.17, 15) is 13.2 Å². The van der Waals surface area contributed by atoms with Gasteiger partial charge in [-0.3, -0.25) is 4.79 Å². The normalized spacial score (nSPS) is 17.2. The van der Waals surface area contributed by atoms with Crippen molar-refractivity contribution in [2.24, 2.45) is 5.92 Å². The van der Waals surface area contributed by atoms with Gasteiger partial charge in [-0.05, 0) is 68.1 Å². The van der Waals surface area contributed by atoms with Crippen LogP contribution in [-0.2, 0) is 14.8 Å². The Morgan fingerprint density at radius 3 is 2.65 bits per heavy atom. The number of nitrogens with zero attached hydrogens (tertiary/aromatic N) is 1. The van der Waals surface area contributed by atoms with E-state index in [4.69, 9.17) is 9.47 Å². The van der Waals surface area contributed by atoms with Crippen molar-refractivity contribution < 1.29 is 22.7 Å². The SMILES string of the molecule is COc1ccc(S(=O)(=O)N2CCCC(C(=O)NCCCOc3cccc(C)c3)C2)cc1. The molecule has 1 atom stereocenters. The number of carbonyl (C=O) groups is 1. The summed E-state index contributed by atoms with van der Waals surface area (Å²) in [4.78, 5) is 12.8. The summed E-state index contributed by atoms with van der Waals surface area (Å²) in [6.07, 6.45) is 2.02. The number of carbonyl (C=O) groups excluding carboxylic acids is 1. The molecule has 0 aromatic heterocycles. The molecule has 31 heavy (non-hydrogen) atoms. The van der Waals surface area contributed by atoms with Crippen molar-refractivity contribution >= 4 is 15.9 Å². The van der Waals surface area contributed by atoms with Crippen molar-refractivity contribution in [2.75, 3.05) is 33.4 Å². The predicted molar refractivity (Wildman–Crippen MR) is 119 cm³/mol. The van der Waals surface area contributed by atoms with Gasteiger partial charge >= 0.3 is 0 Å². The quantitative estimate of drug-likeness (QED) is 0.599. The average molecular weight is 447 g/mol. The minimum absolute atomic E-state index is 0.106. The third kappa shape index (κ3) is 6.21. The number of amides is 1. The van der Waals surface area contributed by atoms with Gasteiger partial charge in [0.25, 0.3) is 0 Å². The second kappa shape index (κ2) is 10.6. The number of nitrogens with one attached hydrogen (secondary N) is 1. The van der Waals surface area contributed by atoms with E-state index in [1.54, 1.807) is 12.1 Å². The third-order valence-electron chi connectivity index (χ3n) is 5.33. The lowest BCUT2D eigenvalue weighted by molar-refractivity contribution is -0.126. The van der Waals surface area contributed by atoms with Crippen molar-refractivity contribution in [2.45, 2.75) is 31.1 Å². The zero-order valence-corrected chi connectivity index (χ0v) is 18.9. The number of rotatable bonds is 9. The Labute approximate surface area is 184 Å². The van der Waals surface area contributed by atoms with Gasteiger partial charge in [-0.15, -0.1) is 0 Å². The van der Waals surface area contributed by atoms with Crippen LogP contribution in [-0.4, -0.2) is 52.0 Å². The highest BCUT2D eigenvalue weighted by molar-refractivity contribution is 7.89. The largest absolute Gasteiger partial charge is 0.497 e. The molecule has 1 heterocycles. The van der Waals surface area contributed by atoms with Crippen molar-refractivity contribution in [3.8, 4) is 11.5 Å². The number of aryl methyl sites for hydroxylation is 1. The molecule has 0 aliphatic carbocycles. The van der Waals surface area contributed by atoms with Crippen LogP contribution in [0.2, 0.25) is 0 Å². The minimum Gasteiger partial charge on any atom is -0.497 e. The molecule has 3 rings (SSSR count). The van der Waals surface area contributed by atoms with Crippen LogP contribution < -0.4 is 14.8 Å². The average Bonchev–Trinajstić information content (AvgIpc) is 2.79. The van der Waals surface area contributed by atoms with Crippen molar-refractivity contribution in [1.82, 2.24) is 9.62 Å². The monoisotopic (exact) mass is 446 g/mol. The standard InChI is InChI=1S/C23H30N2O5S/c1-18-6-3-8-21(16-18)30-15-5-13-24-23(26)19-7-4-14-25(17-19)31(27,28)22-11-9-20(29-2)10-12-22/h3,6,8-12,16,19H,4-5,7,13-15,17H2,1-2H3,(H,24,26). The number of benzene rings is 2. The van der Waals surface area contributed by atoms with E-state index in [2.05, 4.69) is 5.32 Å². The zero-order valence-electron chi connectivity index (χ0n) is 18.0. The maximum atomic E-state index is 12.9. The summed E-state index contributed by atoms with van der Waals surface area (Å²) >= 11 is 0. The molecule has 1 saturated heterocycles. The fourth-order valence-electron chi connectivity index (χ4n) is 3.59. The Morgan fingerprint density at radius 2 is 1.94 bits per heavy atom. The van der Waals surface area contributed by atoms with Gasteiger partial charge in [-0.1, -0.05) is 12.1 Å². The molecule has 1 aliphatic rings. The Balaban J connectivity index is 1.47. The molecule has 1 aliphatic heterocycles. The summed E-state index contributed by atoms with van der Waals surface area (Å²) in [5, 5.41) is 2.92. The molecule has 168 valence electrons. The van der Waals surface area contributed by atoms with Crippen LogP contribution in [0, 0.1) is 12.8 Å². The van der Waals surface area contributed by atoms with Gasteiger partial charge in [0.15, 0.2) is 0 Å². The van der Waals surface area contributed by atoms with Crippen molar-refractivity contribution in [1.29, 1.82) is 0 Å². The van der Waals surface area contributed by atoms with Gasteiger partial charge in [0.1, 0.15) is 11.5 Å². The van der Waals surface area contributed by atoms with Gasteiger partial charge in [0, 0.05) is 19.6 Å². The summed E-state index contributed by atoms with van der Waals surface area (Å²) in [6, 6.07) is 14.2. The van der Waals surface area contributed by atoms with Crippen molar-refractivity contribution in [3.05, 3.63) is 54.1 Å². The van der Waals surface area contributed by atoms with Gasteiger partial charge in [-0.2, -0.15) is 4.31 Å². The van der Waals surface area contributed by atoms with Crippen LogP contribution in [0.3, 0.4) is 0 Å². The maximum Gasteiger partial charge on any atom is 0.243 e. The summed E-state index contributed by atoms with van der Waals surface area (Å²) in [6.45, 7) is 3.62. The summed E-state index contributed by atoms with van der Waals surface area (Å²) in [5.74, 6) is 0.962. The molecule has 1 amide bonds. The minimum atomic E-state index is -3.64. The Morgan fingerprint density at radius 1 is 1.16 bits per heavy atom. The summed E-state index contributed by atoms with van der Waals surface area (Å²) in [5.41, 5.74) is 1.14. The molecule has 0 spiro atoms. The van der Waals surface area contributed by atoms with Gasteiger partial charge < -0.3 is 14.8 Å². The first kappa shape index (κ1) is 23.1. The molecule has 1 fully saturated rings. The smallest absolute Gasteiger partial charge is 0.243 e. The van der Waals surface area contributed by atoms with Crippen LogP contribution in [0.5, 0.6) is 11.5 Å². The summed E-state index contributed by atoms with van der Waals surface area (Å²) < 4.78 is 38.1. The van der Waals surface area contributed by atoms with E-state index in [0.29, 0.717) is 44.7 Å². The predicted octanol–water partition coefficient (Wildman–Crippen LogP) is 2.99. The van der Waals surface area contributed by atoms with Crippen LogP contribution >= 0.6 is 0 Å². The van der Waals surface area contributed by atoms with Gasteiger partial charge in [0.05, 0.1) is 24.5 Å². The Hall–Kier alpha value is -2.58. The maximum absolute atomic E-state index is 12.9. The fraction of sp³-hybridized carbons (Fsp3) is 0.435. The van der Waals surface area contributed by atoms with E-state index >= 15 is 0 Å². The first-order chi connectivity index (χ1) is 14.9. The molecule has 7 nitrogen and oxygen atoms in total. The van der Waals surface area contributed by atoms with Crippen LogP contribution in [0.1, 0.15) is 24.8 Å². The second-order valence-electron chi connectivity index (χ2n) is 7.69. The highest BCUT2D eigenvalue weighted by atomic mass is 32.2. The molecule has 0 bridgehead atoms. The second-order valence-corrected chi connectivity index (χ2v) is 9.63. The van der Waals surface area contributed by atoms with Crippen molar-refractivity contribution in [3.63, 3.8) is 0 Å². The molecular weight excluding hydrogens is 416 g/mol. The van der Waals surface area contributed by atoms with Gasteiger partial charge in [0.2, 0.25) is 15.9 Å². The first-order valence-corrected chi connectivity index (χ1v) is 12.0. The summed E-state index contributed by atoms with van der Waals surface area (Å²) in [7, 11) is -2.11. The van der Waals surface area contributed by atoms with Gasteiger partial charge in [-0.25, -0.2) is 8.42 Å². The van der Waals surface area contributed by atoms with E-state index in [1.165, 1.54) is 23.5 Å². The lowest BCUT2D eigenvalue weighted by Crippen LogP contribution is -2.45. The number of hydrogen-bond donors (Lipinski definition) is 1. The van der Waals surface area contributed by atoms with Crippen LogP contribution in [0.4, 0.5) is 0 Å². The van der Waals surface area contributed by atoms with Crippen LogP contribution in [0.25, 0.3) is 0 Å². The van der Waals surface area contributed by atoms with E-state index in [0.717, 1.165) is 11.3 Å². The third-order valence-corrected chi connectivity index (χ3v) is 7.21. The number of methoxy groups -OCH3 is 1. The van der Waals surface area contributed by atoms with E-state index < -0.39 is 10.0 Å². The van der Waals surface area contributed by atoms with E-state index in [1.807, 2.05) is 31.2 Å². The molecular formula is C23H30N2O5S. The molecule has 2 aromatic rings. The number of piperidine rings is 1. The highest BCUT2D eigenvalue weighted by Crippen LogP contribution is 2.25. The highest BCUT2D eigenvalue weighted by Gasteiger charge is 2.33. The molecule has 2 aromatic carbocycles. The lowest BCUT2D eigenvalue weighted by Gasteiger charge is -2.31. The zero-order chi connectivity index (χ0) is 22.3. The Bertz CT molecular complexity index is 976. The molecule has 8 heteroatoms. The fourth-order valence-corrected chi connectivity index (χ4v) is 5.12. The molecule has 0 saturated carbocycles. The topological polar surface area (TPSA) is 84.9 Å². The lowest BCUT2D eigenvalue weighted by atomic mass is 9.99. The first-order valence-electron chi connectivity index (χ1n) is 10.5. The number of ether oxygens (including phenoxy) is 2. The Kier molecular flexibility index (Phi) is 7.92. The molecule has 0 radical (unpaired) electrons. The molecule has 1 unspecified atom stereocenters. The van der Waals surface area contributed by atoms with Crippen LogP contribution in [0.15, 0.2) is 53.4 Å². The molecule has 1 N–H and O–H groups in total.